The van der Waals surface area contributed by atoms with Crippen LogP contribution in [-0.4, -0.2) is 69.1 Å². The molecule has 0 fully saturated rings. The maximum absolute atomic E-state index is 12.5. The number of rotatable bonds is 12. The molecule has 13 nitrogen and oxygen atoms in total. The maximum atomic E-state index is 12.5. The lowest BCUT2D eigenvalue weighted by Gasteiger charge is -2.14. The van der Waals surface area contributed by atoms with Gasteiger partial charge in [-0.15, -0.1) is 0 Å². The Morgan fingerprint density at radius 2 is 1.92 bits per heavy atom. The van der Waals surface area contributed by atoms with Crippen LogP contribution in [0.3, 0.4) is 0 Å². The van der Waals surface area contributed by atoms with E-state index in [-0.39, 0.29) is 41.4 Å². The van der Waals surface area contributed by atoms with Crippen LogP contribution in [0.15, 0.2) is 35.3 Å². The first kappa shape index (κ1) is 26.2. The second kappa shape index (κ2) is 12.4. The number of nitrogens with zero attached hydrogens (tertiary/aromatic N) is 3. The summed E-state index contributed by atoms with van der Waals surface area (Å²) in [5.74, 6) is -2.13. The lowest BCUT2D eigenvalue weighted by Crippen LogP contribution is -2.41. The summed E-state index contributed by atoms with van der Waals surface area (Å²) in [4.78, 5) is 62.6. The molecular weight excluding hydrogens is 470 g/mol. The molecule has 1 atom stereocenters. The molecule has 2 heterocycles. The number of ether oxygens (including phenoxy) is 1. The van der Waals surface area contributed by atoms with Crippen LogP contribution in [0.5, 0.6) is 0 Å². The molecule has 0 aliphatic carbocycles. The number of benzene rings is 1. The number of fused-ring (bicyclic) bond motifs is 1. The summed E-state index contributed by atoms with van der Waals surface area (Å²) < 4.78 is 4.84. The van der Waals surface area contributed by atoms with Crippen molar-refractivity contribution in [1.29, 1.82) is 0 Å². The van der Waals surface area contributed by atoms with Crippen molar-refractivity contribution in [2.75, 3.05) is 26.0 Å². The summed E-state index contributed by atoms with van der Waals surface area (Å²) in [6, 6.07) is 5.47. The molecule has 190 valence electrons. The van der Waals surface area contributed by atoms with Crippen LogP contribution in [0.25, 0.3) is 11.2 Å². The summed E-state index contributed by atoms with van der Waals surface area (Å²) in [6.45, 7) is 0.674. The number of aromatic nitrogens is 4. The predicted octanol–water partition coefficient (Wildman–Crippen LogP) is -0.194. The first-order valence-corrected chi connectivity index (χ1v) is 11.2. The van der Waals surface area contributed by atoms with Gasteiger partial charge in [-0.3, -0.25) is 19.4 Å². The molecule has 1 aromatic carbocycles. The van der Waals surface area contributed by atoms with Crippen LogP contribution in [0.2, 0.25) is 0 Å². The minimum atomic E-state index is -1.22. The zero-order chi connectivity index (χ0) is 26.1. The molecule has 0 aliphatic heterocycles. The molecule has 2 amide bonds. The predicted molar refractivity (Wildman–Crippen MR) is 129 cm³/mol. The van der Waals surface area contributed by atoms with Crippen molar-refractivity contribution < 1.29 is 24.2 Å². The first-order valence-electron chi connectivity index (χ1n) is 11.2. The summed E-state index contributed by atoms with van der Waals surface area (Å²) in [5.41, 5.74) is 7.10. The number of carboxylic acid groups (broad SMARTS) is 1. The molecule has 0 spiro atoms. The molecule has 0 aliphatic rings. The van der Waals surface area contributed by atoms with E-state index in [1.807, 2.05) is 0 Å². The van der Waals surface area contributed by atoms with E-state index < -0.39 is 23.5 Å². The third kappa shape index (κ3) is 7.30. The van der Waals surface area contributed by atoms with Gasteiger partial charge in [-0.1, -0.05) is 12.1 Å². The van der Waals surface area contributed by atoms with Crippen molar-refractivity contribution in [2.45, 2.75) is 31.7 Å². The monoisotopic (exact) mass is 497 g/mol. The van der Waals surface area contributed by atoms with Gasteiger partial charge < -0.3 is 26.2 Å². The van der Waals surface area contributed by atoms with Crippen molar-refractivity contribution in [3.05, 3.63) is 57.6 Å². The highest BCUT2D eigenvalue weighted by Crippen LogP contribution is 2.10. The molecule has 0 bridgehead atoms. The van der Waals surface area contributed by atoms with Gasteiger partial charge in [-0.2, -0.15) is 4.98 Å². The van der Waals surface area contributed by atoms with E-state index in [0.717, 1.165) is 5.56 Å². The van der Waals surface area contributed by atoms with Crippen LogP contribution in [0, 0.1) is 0 Å². The number of carbonyl (C=O) groups is 3. The van der Waals surface area contributed by atoms with Gasteiger partial charge in [0.15, 0.2) is 11.2 Å². The zero-order valence-electron chi connectivity index (χ0n) is 19.6. The number of hydrogen-bond donors (Lipinski definition) is 5. The number of aliphatic carboxylic acids is 1. The molecule has 0 radical (unpaired) electrons. The molecule has 2 aromatic heterocycles. The summed E-state index contributed by atoms with van der Waals surface area (Å²) >= 11 is 0. The Labute approximate surface area is 205 Å². The molecule has 0 unspecified atom stereocenters. The number of H-pyrrole nitrogens is 1. The lowest BCUT2D eigenvalue weighted by molar-refractivity contribution is -0.139. The maximum Gasteiger partial charge on any atom is 0.326 e. The number of carbonyl (C=O) groups excluding carboxylic acids is 2. The Bertz CT molecular complexity index is 1290. The van der Waals surface area contributed by atoms with Crippen LogP contribution >= 0.6 is 0 Å². The zero-order valence-corrected chi connectivity index (χ0v) is 19.6. The van der Waals surface area contributed by atoms with E-state index >= 15 is 0 Å². The SMILES string of the molecule is COCCNC(=O)CC[C@H](NC(=O)c1ccc(CCc2cnc3nc(N)[nH]c(=O)c3n2)cc1)C(=O)O. The number of nitrogens with one attached hydrogen (secondary N) is 3. The van der Waals surface area contributed by atoms with Crippen LogP contribution in [0.4, 0.5) is 5.95 Å². The topological polar surface area (TPSA) is 202 Å². The van der Waals surface area contributed by atoms with E-state index in [2.05, 4.69) is 30.6 Å². The van der Waals surface area contributed by atoms with Crippen molar-refractivity contribution in [3.8, 4) is 0 Å². The Morgan fingerprint density at radius 3 is 2.61 bits per heavy atom. The van der Waals surface area contributed by atoms with E-state index in [0.29, 0.717) is 31.7 Å². The highest BCUT2D eigenvalue weighted by atomic mass is 16.5. The van der Waals surface area contributed by atoms with Crippen molar-refractivity contribution in [1.82, 2.24) is 30.6 Å². The van der Waals surface area contributed by atoms with Crippen LogP contribution in [0.1, 0.15) is 34.5 Å². The minimum Gasteiger partial charge on any atom is -0.480 e. The number of nitrogen functional groups attached to an aromatic ring is 1. The largest absolute Gasteiger partial charge is 0.480 e. The van der Waals surface area contributed by atoms with Crippen molar-refractivity contribution >= 4 is 34.9 Å². The van der Waals surface area contributed by atoms with Crippen molar-refractivity contribution in [3.63, 3.8) is 0 Å². The highest BCUT2D eigenvalue weighted by molar-refractivity contribution is 5.96. The molecule has 36 heavy (non-hydrogen) atoms. The Balaban J connectivity index is 1.55. The Hall–Kier alpha value is -4.39. The molecular formula is C23H27N7O6. The third-order valence-electron chi connectivity index (χ3n) is 5.26. The van der Waals surface area contributed by atoms with Gasteiger partial charge in [-0.25, -0.2) is 14.8 Å². The van der Waals surface area contributed by atoms with Gasteiger partial charge in [0.2, 0.25) is 11.9 Å². The average Bonchev–Trinajstić information content (AvgIpc) is 2.85. The van der Waals surface area contributed by atoms with Gasteiger partial charge >= 0.3 is 5.97 Å². The third-order valence-corrected chi connectivity index (χ3v) is 5.26. The summed E-state index contributed by atoms with van der Waals surface area (Å²) in [5, 5.41) is 14.5. The Kier molecular flexibility index (Phi) is 9.00. The number of nitrogens with two attached hydrogens (primary N) is 1. The second-order valence-electron chi connectivity index (χ2n) is 7.93. The van der Waals surface area contributed by atoms with Gasteiger partial charge in [0.05, 0.1) is 18.5 Å². The number of hydrogen-bond acceptors (Lipinski definition) is 9. The lowest BCUT2D eigenvalue weighted by atomic mass is 10.1. The number of methoxy groups -OCH3 is 1. The fraction of sp³-hybridized carbons (Fsp3) is 0.348. The smallest absolute Gasteiger partial charge is 0.326 e. The average molecular weight is 498 g/mol. The summed E-state index contributed by atoms with van der Waals surface area (Å²) in [6.07, 6.45) is 2.49. The number of anilines is 1. The Morgan fingerprint density at radius 1 is 1.17 bits per heavy atom. The van der Waals surface area contributed by atoms with Crippen LogP contribution in [-0.2, 0) is 27.2 Å². The summed E-state index contributed by atoms with van der Waals surface area (Å²) in [7, 11) is 1.51. The molecule has 3 aromatic rings. The van der Waals surface area contributed by atoms with E-state index in [1.165, 1.54) is 13.3 Å². The van der Waals surface area contributed by atoms with Gasteiger partial charge in [0.1, 0.15) is 6.04 Å². The van der Waals surface area contributed by atoms with Gasteiger partial charge in [-0.05, 0) is 37.0 Å². The van der Waals surface area contributed by atoms with Crippen LogP contribution < -0.4 is 21.9 Å². The fourth-order valence-corrected chi connectivity index (χ4v) is 3.34. The molecule has 13 heteroatoms. The molecule has 6 N–H and O–H groups in total. The van der Waals surface area contributed by atoms with Gasteiger partial charge in [0, 0.05) is 25.6 Å². The van der Waals surface area contributed by atoms with Gasteiger partial charge in [0.25, 0.3) is 11.5 Å². The molecule has 0 saturated heterocycles. The second-order valence-corrected chi connectivity index (χ2v) is 7.93. The number of carboxylic acids is 1. The number of aryl methyl sites for hydroxylation is 2. The van der Waals surface area contributed by atoms with E-state index in [9.17, 15) is 24.3 Å². The van der Waals surface area contributed by atoms with Crippen molar-refractivity contribution in [2.24, 2.45) is 0 Å². The number of amides is 2. The molecule has 3 rings (SSSR count). The van der Waals surface area contributed by atoms with E-state index in [1.54, 1.807) is 24.3 Å². The molecule has 0 saturated carbocycles. The highest BCUT2D eigenvalue weighted by Gasteiger charge is 2.21. The fourth-order valence-electron chi connectivity index (χ4n) is 3.34. The standard InChI is InChI=1S/C23H27N7O6/c1-36-11-10-25-17(31)9-8-16(22(34)35)28-20(32)14-5-2-13(3-6-14)4-7-15-12-26-19-18(27-15)21(33)30-23(24)29-19/h2-3,5-6,12,16H,4,7-11H2,1H3,(H,25,31)(H,28,32)(H,34,35)(H3,24,26,29,30,33)/t16-/m0/s1. The normalized spacial score (nSPS) is 11.7. The first-order chi connectivity index (χ1) is 17.3. The number of aromatic amines is 1. The quantitative estimate of drug-likeness (QED) is 0.209. The van der Waals surface area contributed by atoms with E-state index in [4.69, 9.17) is 10.5 Å². The minimum absolute atomic E-state index is 0.0307.